The molecule has 9 rings (SSSR count). The van der Waals surface area contributed by atoms with Gasteiger partial charge < -0.3 is 87.9 Å². The Kier molecular flexibility index (Phi) is 19.4. The summed E-state index contributed by atoms with van der Waals surface area (Å²) in [5.41, 5.74) is -1.52. The van der Waals surface area contributed by atoms with E-state index in [0.29, 0.717) is 44.9 Å². The predicted molar refractivity (Wildman–Crippen MR) is 286 cm³/mol. The van der Waals surface area contributed by atoms with Crippen LogP contribution in [0.25, 0.3) is 0 Å². The molecule has 4 aliphatic carbocycles. The predicted octanol–water partition coefficient (Wildman–Crippen LogP) is 0.447. The zero-order chi connectivity index (χ0) is 62.5. The summed E-state index contributed by atoms with van der Waals surface area (Å²) >= 11 is 0. The fourth-order valence-electron chi connectivity index (χ4n) is 16.6. The second-order valence-corrected chi connectivity index (χ2v) is 28.2. The lowest BCUT2D eigenvalue weighted by molar-refractivity contribution is -0.380. The molecular formula is C55H86O28S2. The van der Waals surface area contributed by atoms with Gasteiger partial charge in [0.25, 0.3) is 0 Å². The van der Waals surface area contributed by atoms with E-state index >= 15 is 0 Å². The molecule has 9 aliphatic rings. The molecule has 3 saturated carbocycles. The summed E-state index contributed by atoms with van der Waals surface area (Å²) in [6.45, 7) is 17.0. The fourth-order valence-corrected chi connectivity index (χ4v) is 17.6. The molecule has 28 nitrogen and oxygen atoms in total. The Morgan fingerprint density at radius 3 is 2.02 bits per heavy atom. The summed E-state index contributed by atoms with van der Waals surface area (Å²) in [4.78, 5) is 27.5. The number of aliphatic hydroxyl groups is 7. The smallest absolute Gasteiger partial charge is 0.397 e. The van der Waals surface area contributed by atoms with Crippen molar-refractivity contribution in [3.05, 3.63) is 23.8 Å². The molecule has 5 heterocycles. The summed E-state index contributed by atoms with van der Waals surface area (Å²) in [6.07, 6.45) is -26.0. The molecular weight excluding hydrogens is 1170 g/mol. The number of methoxy groups -OCH3 is 1. The molecule has 0 unspecified atom stereocenters. The number of carbonyl (C=O) groups excluding carboxylic acids is 2. The van der Waals surface area contributed by atoms with Gasteiger partial charge in [0.05, 0.1) is 43.4 Å². The van der Waals surface area contributed by atoms with Gasteiger partial charge in [-0.1, -0.05) is 44.9 Å². The van der Waals surface area contributed by atoms with Crippen LogP contribution in [0.5, 0.6) is 0 Å². The molecule has 8 fully saturated rings. The molecule has 9 N–H and O–H groups in total. The Bertz CT molecular complexity index is 2710. The highest BCUT2D eigenvalue weighted by atomic mass is 32.3. The Labute approximate surface area is 494 Å². The van der Waals surface area contributed by atoms with Crippen molar-refractivity contribution in [1.82, 2.24) is 0 Å². The number of hydrogen-bond acceptors (Lipinski definition) is 26. The van der Waals surface area contributed by atoms with Gasteiger partial charge >= 0.3 is 32.7 Å². The second-order valence-electron chi connectivity index (χ2n) is 26.1. The number of rotatable bonds is 19. The first-order valence-electron chi connectivity index (χ1n) is 29.0. The normalized spacial score (nSPS) is 48.0. The molecule has 27 atom stereocenters. The van der Waals surface area contributed by atoms with E-state index in [1.807, 2.05) is 27.7 Å². The van der Waals surface area contributed by atoms with E-state index in [1.165, 1.54) is 21.0 Å². The lowest BCUT2D eigenvalue weighted by Gasteiger charge is -2.64. The van der Waals surface area contributed by atoms with Gasteiger partial charge in [0.2, 0.25) is 0 Å². The summed E-state index contributed by atoms with van der Waals surface area (Å²) in [5.74, 6) is -1.21. The second kappa shape index (κ2) is 24.6. The van der Waals surface area contributed by atoms with Crippen molar-refractivity contribution in [2.75, 3.05) is 26.9 Å². The van der Waals surface area contributed by atoms with Gasteiger partial charge in [0.1, 0.15) is 85.0 Å². The minimum atomic E-state index is -5.54. The topological polar surface area (TPSA) is 404 Å². The van der Waals surface area contributed by atoms with E-state index in [2.05, 4.69) is 26.5 Å². The third kappa shape index (κ3) is 12.3. The summed E-state index contributed by atoms with van der Waals surface area (Å²) < 4.78 is 144. The maximum Gasteiger partial charge on any atom is 0.397 e. The average Bonchev–Trinajstić information content (AvgIpc) is 1.54. The summed E-state index contributed by atoms with van der Waals surface area (Å²) in [5, 5.41) is 77.4. The molecule has 0 radical (unpaired) electrons. The number of cyclic esters (lactones) is 1. The van der Waals surface area contributed by atoms with Crippen molar-refractivity contribution in [1.29, 1.82) is 0 Å². The first kappa shape index (κ1) is 66.9. The highest BCUT2D eigenvalue weighted by Crippen LogP contribution is 2.77. The number of allylic oxidation sites excluding steroid dienone is 3. The molecule has 85 heavy (non-hydrogen) atoms. The lowest BCUT2D eigenvalue weighted by Crippen LogP contribution is -2.66. The molecule has 486 valence electrons. The van der Waals surface area contributed by atoms with E-state index in [1.54, 1.807) is 0 Å². The maximum atomic E-state index is 14.7. The molecule has 0 aromatic heterocycles. The summed E-state index contributed by atoms with van der Waals surface area (Å²) in [7, 11) is -9.64. The van der Waals surface area contributed by atoms with Crippen molar-refractivity contribution in [2.45, 2.75) is 242 Å². The standard InChI is InChI=1S/C55H86O28S2/c1-24(2)12-11-17-54(9)45-30(75-26(4)57)20-53(8)28-13-14-33-51(5,6)34(16-18-52(33,7)27(28)15-19-55(45,53)50(64)81-54)77-48-43(36(60)32(23-73-48)82-84(65,66)67)80-49-44(83-85(68,69)70)37(61)40(25(3)74-49)78-46-38(62)41(29(58)22-72-46)79-47-39(63)42(71-10)35(59)31(21-56)76-47/h13,25,27,29-49,56,58-63H,1,11-12,14-23H2,2-10H3,(H,65,66,67)(H,68,69,70)/t25-,27-,29-,30+,31-,32-,33+,34+,35-,36+,37+,38-,39-,40-,41+,42+,43-,44-,45-,46+,47+,48+,49+,52-,53+,54+,55-/m1/s1. The van der Waals surface area contributed by atoms with Crippen LogP contribution in [0.2, 0.25) is 0 Å². The minimum Gasteiger partial charge on any atom is -0.462 e. The van der Waals surface area contributed by atoms with Crippen LogP contribution in [0.3, 0.4) is 0 Å². The molecule has 0 aromatic rings. The monoisotopic (exact) mass is 1260 g/mol. The number of carbonyl (C=O) groups is 2. The van der Waals surface area contributed by atoms with Gasteiger partial charge in [-0.2, -0.15) is 16.8 Å². The third-order valence-electron chi connectivity index (χ3n) is 20.5. The Morgan fingerprint density at radius 1 is 0.741 bits per heavy atom. The first-order valence-corrected chi connectivity index (χ1v) is 31.7. The molecule has 0 bridgehead atoms. The van der Waals surface area contributed by atoms with Gasteiger partial charge in [-0.05, 0) is 101 Å². The van der Waals surface area contributed by atoms with Crippen LogP contribution in [0.1, 0.15) is 113 Å². The van der Waals surface area contributed by atoms with Crippen molar-refractivity contribution in [2.24, 2.45) is 39.4 Å². The molecule has 0 amide bonds. The number of aliphatic hydroxyl groups excluding tert-OH is 7. The SMILES string of the molecule is C=C(C)CCC[C@]1(C)OC(=O)[C@]23CC[C@@H]4C(=CC[C@H]5C(C)(C)[C@@H](O[C@@H]6OC[C@@H](OS(=O)(=O)O)[C@H](O)[C@H]6O[C@@H]6O[C@H](C)[C@@H](O[C@@H]7OC[C@@H](O)[C@H](O[C@@H]8O[C@H](CO)[C@@H](O)[C@H](OC)[C@H]8O)[C@H]7O)[C@H](O)[C@H]6OS(=O)(=O)O)CC[C@]45C)[C@]2(C)C[C@H](OC(C)=O)[C@@H]31. The Morgan fingerprint density at radius 2 is 1.39 bits per heavy atom. The first-order chi connectivity index (χ1) is 39.5. The van der Waals surface area contributed by atoms with Crippen LogP contribution in [0.15, 0.2) is 23.8 Å². The van der Waals surface area contributed by atoms with Crippen LogP contribution < -0.4 is 0 Å². The largest absolute Gasteiger partial charge is 0.462 e. The van der Waals surface area contributed by atoms with E-state index in [0.717, 1.165) is 24.0 Å². The zero-order valence-electron chi connectivity index (χ0n) is 49.1. The number of fused-ring (bicyclic) bond motifs is 4. The van der Waals surface area contributed by atoms with E-state index in [4.69, 9.17) is 60.5 Å². The van der Waals surface area contributed by atoms with E-state index in [-0.39, 0.29) is 29.1 Å². The highest BCUT2D eigenvalue weighted by Gasteiger charge is 2.79. The Balaban J connectivity index is 0.946. The van der Waals surface area contributed by atoms with Crippen molar-refractivity contribution >= 4 is 32.7 Å². The third-order valence-corrected chi connectivity index (χ3v) is 21.4. The van der Waals surface area contributed by atoms with Gasteiger partial charge in [-0.3, -0.25) is 18.7 Å². The van der Waals surface area contributed by atoms with E-state index in [9.17, 15) is 71.3 Å². The maximum absolute atomic E-state index is 14.7. The number of hydrogen-bond donors (Lipinski definition) is 9. The molecule has 5 aliphatic heterocycles. The lowest BCUT2D eigenvalue weighted by atomic mass is 9.41. The van der Waals surface area contributed by atoms with Gasteiger partial charge in [-0.25, -0.2) is 8.37 Å². The van der Waals surface area contributed by atoms with Crippen LogP contribution >= 0.6 is 0 Å². The van der Waals surface area contributed by atoms with Crippen LogP contribution in [0, 0.1) is 39.4 Å². The zero-order valence-corrected chi connectivity index (χ0v) is 50.8. The van der Waals surface area contributed by atoms with Crippen LogP contribution in [-0.2, 0) is 90.9 Å². The van der Waals surface area contributed by atoms with Crippen molar-refractivity contribution in [3.8, 4) is 0 Å². The van der Waals surface area contributed by atoms with Crippen LogP contribution in [-0.4, -0.2) is 229 Å². The molecule has 0 aromatic carbocycles. The average molecular weight is 1260 g/mol. The molecule has 5 saturated heterocycles. The quantitative estimate of drug-likeness (QED) is 0.0481. The van der Waals surface area contributed by atoms with Crippen LogP contribution in [0.4, 0.5) is 0 Å². The Hall–Kier alpha value is -2.48. The number of ether oxygens (including phenoxy) is 11. The highest BCUT2D eigenvalue weighted by molar-refractivity contribution is 7.81. The van der Waals surface area contributed by atoms with Crippen molar-refractivity contribution < 1.29 is 132 Å². The van der Waals surface area contributed by atoms with Crippen molar-refractivity contribution in [3.63, 3.8) is 0 Å². The van der Waals surface area contributed by atoms with E-state index < -0.39 is 191 Å². The van der Waals surface area contributed by atoms with Gasteiger partial charge in [-0.15, -0.1) is 6.58 Å². The molecule has 1 spiro atoms. The minimum absolute atomic E-state index is 0.0199. The van der Waals surface area contributed by atoms with Gasteiger partial charge in [0, 0.05) is 19.4 Å². The summed E-state index contributed by atoms with van der Waals surface area (Å²) in [6, 6.07) is 0. The van der Waals surface area contributed by atoms with Gasteiger partial charge in [0.15, 0.2) is 31.3 Å². The fraction of sp³-hybridized carbons (Fsp3) is 0.891. The molecule has 30 heteroatoms. The number of esters is 2.